The van der Waals surface area contributed by atoms with E-state index in [9.17, 15) is 9.59 Å². The second-order valence-electron chi connectivity index (χ2n) is 6.21. The van der Waals surface area contributed by atoms with Gasteiger partial charge in [-0.1, -0.05) is 11.6 Å². The minimum Gasteiger partial charge on any atom is -0.467 e. The van der Waals surface area contributed by atoms with Gasteiger partial charge >= 0.3 is 5.97 Å². The second-order valence-corrected chi connectivity index (χ2v) is 6.64. The summed E-state index contributed by atoms with van der Waals surface area (Å²) in [4.78, 5) is 30.4. The monoisotopic (exact) mass is 373 g/mol. The number of nitrogens with zero attached hydrogens (tertiary/aromatic N) is 3. The van der Waals surface area contributed by atoms with E-state index in [1.165, 1.54) is 0 Å². The van der Waals surface area contributed by atoms with Crippen LogP contribution in [0.2, 0.25) is 5.02 Å². The minimum absolute atomic E-state index is 0.0566. The van der Waals surface area contributed by atoms with Crippen molar-refractivity contribution in [1.82, 2.24) is 14.3 Å². The molecule has 3 aromatic heterocycles. The molecule has 0 unspecified atom stereocenters. The van der Waals surface area contributed by atoms with Crippen LogP contribution in [0.5, 0.6) is 0 Å². The van der Waals surface area contributed by atoms with E-state index in [1.807, 2.05) is 0 Å². The first-order valence-electron chi connectivity index (χ1n) is 8.18. The molecule has 0 radical (unpaired) electrons. The Hall–Kier alpha value is -2.80. The smallest absolute Gasteiger partial charge is 0.311 e. The summed E-state index contributed by atoms with van der Waals surface area (Å²) in [5.74, 6) is -0.249. The molecule has 1 fully saturated rings. The third kappa shape index (κ3) is 3.43. The van der Waals surface area contributed by atoms with Crippen molar-refractivity contribution in [3.63, 3.8) is 0 Å². The van der Waals surface area contributed by atoms with Crippen LogP contribution in [0.15, 0.2) is 47.3 Å². The molecule has 0 bridgehead atoms. The molecule has 4 heterocycles. The molecule has 1 amide bonds. The van der Waals surface area contributed by atoms with Gasteiger partial charge in [0.2, 0.25) is 5.91 Å². The zero-order valence-corrected chi connectivity index (χ0v) is 14.6. The van der Waals surface area contributed by atoms with Gasteiger partial charge in [0.25, 0.3) is 0 Å². The molecule has 134 valence electrons. The van der Waals surface area contributed by atoms with Gasteiger partial charge in [-0.2, -0.15) is 0 Å². The van der Waals surface area contributed by atoms with Crippen LogP contribution in [0, 0.1) is 5.92 Å². The lowest BCUT2D eigenvalue weighted by Gasteiger charge is -2.14. The highest BCUT2D eigenvalue weighted by Crippen LogP contribution is 2.22. The Balaban J connectivity index is 1.35. The first-order chi connectivity index (χ1) is 12.6. The van der Waals surface area contributed by atoms with Crippen LogP contribution in [0.4, 0.5) is 0 Å². The number of pyridine rings is 1. The number of hydrogen-bond donors (Lipinski definition) is 0. The third-order valence-corrected chi connectivity index (χ3v) is 4.53. The van der Waals surface area contributed by atoms with Gasteiger partial charge in [-0.3, -0.25) is 9.59 Å². The number of esters is 1. The molecule has 0 N–H and O–H groups in total. The number of hydrogen-bond acceptors (Lipinski definition) is 5. The molecule has 8 heteroatoms. The number of halogens is 1. The molecule has 4 rings (SSSR count). The average Bonchev–Trinajstić information content (AvgIpc) is 3.33. The second kappa shape index (κ2) is 6.84. The fourth-order valence-corrected chi connectivity index (χ4v) is 3.19. The summed E-state index contributed by atoms with van der Waals surface area (Å²) in [6.45, 7) is 0.753. The summed E-state index contributed by atoms with van der Waals surface area (Å²) in [7, 11) is 0. The van der Waals surface area contributed by atoms with Crippen LogP contribution < -0.4 is 0 Å². The Bertz CT molecular complexity index is 951. The van der Waals surface area contributed by atoms with Gasteiger partial charge in [-0.15, -0.1) is 0 Å². The van der Waals surface area contributed by atoms with Crippen molar-refractivity contribution in [3.05, 3.63) is 59.4 Å². The summed E-state index contributed by atoms with van der Waals surface area (Å²) in [6, 6.07) is 7.10. The fourth-order valence-electron chi connectivity index (χ4n) is 3.02. The molecule has 0 aromatic carbocycles. The summed E-state index contributed by atoms with van der Waals surface area (Å²) in [6.07, 6.45) is 5.21. The first-order valence-corrected chi connectivity index (χ1v) is 8.56. The lowest BCUT2D eigenvalue weighted by molar-refractivity contribution is -0.149. The van der Waals surface area contributed by atoms with E-state index in [0.717, 1.165) is 5.65 Å². The molecular formula is C18H16ClN3O4. The summed E-state index contributed by atoms with van der Waals surface area (Å²) in [5.41, 5.74) is 1.35. The van der Waals surface area contributed by atoms with Crippen LogP contribution in [0.3, 0.4) is 0 Å². The van der Waals surface area contributed by atoms with Crippen molar-refractivity contribution >= 4 is 29.1 Å². The van der Waals surface area contributed by atoms with Crippen molar-refractivity contribution < 1.29 is 18.7 Å². The topological polar surface area (TPSA) is 77.1 Å². The van der Waals surface area contributed by atoms with Gasteiger partial charge in [-0.25, -0.2) is 4.98 Å². The number of likely N-dealkylation sites (tertiary alicyclic amines) is 1. The van der Waals surface area contributed by atoms with Crippen LogP contribution in [0.25, 0.3) is 5.65 Å². The highest BCUT2D eigenvalue weighted by Gasteiger charge is 2.35. The molecule has 7 nitrogen and oxygen atoms in total. The Morgan fingerprint density at radius 1 is 1.35 bits per heavy atom. The molecule has 1 saturated heterocycles. The molecule has 0 spiro atoms. The van der Waals surface area contributed by atoms with Crippen LogP contribution >= 0.6 is 11.6 Å². The Kier molecular flexibility index (Phi) is 4.38. The molecule has 26 heavy (non-hydrogen) atoms. The van der Waals surface area contributed by atoms with Gasteiger partial charge in [0.05, 0.1) is 29.4 Å². The molecule has 0 aliphatic carbocycles. The lowest BCUT2D eigenvalue weighted by Crippen LogP contribution is -2.26. The van der Waals surface area contributed by atoms with Crippen molar-refractivity contribution in [1.29, 1.82) is 0 Å². The van der Waals surface area contributed by atoms with E-state index in [1.54, 1.807) is 52.2 Å². The van der Waals surface area contributed by atoms with E-state index in [-0.39, 0.29) is 18.9 Å². The highest BCUT2D eigenvalue weighted by molar-refractivity contribution is 6.30. The van der Waals surface area contributed by atoms with E-state index >= 15 is 0 Å². The SMILES string of the molecule is O=C(OCc1cn2cc(Cl)ccc2n1)[C@@H]1CC(=O)N(Cc2ccco2)C1. The van der Waals surface area contributed by atoms with Gasteiger partial charge in [0, 0.05) is 25.4 Å². The zero-order valence-electron chi connectivity index (χ0n) is 13.8. The van der Waals surface area contributed by atoms with Crippen LogP contribution in [0.1, 0.15) is 17.9 Å². The number of furan rings is 1. The molecule has 1 atom stereocenters. The van der Waals surface area contributed by atoms with Gasteiger partial charge in [0.1, 0.15) is 18.0 Å². The van der Waals surface area contributed by atoms with Crippen molar-refractivity contribution in [2.45, 2.75) is 19.6 Å². The molecule has 1 aliphatic rings. The first kappa shape index (κ1) is 16.7. The van der Waals surface area contributed by atoms with E-state index in [4.69, 9.17) is 20.8 Å². The Labute approximate surface area is 154 Å². The van der Waals surface area contributed by atoms with Crippen LogP contribution in [-0.2, 0) is 27.5 Å². The number of carbonyl (C=O) groups excluding carboxylic acids is 2. The normalized spacial score (nSPS) is 17.2. The number of carbonyl (C=O) groups is 2. The standard InChI is InChI=1S/C18H16ClN3O4/c19-13-3-4-16-20-14(9-21(16)8-13)11-26-18(24)12-6-17(23)22(7-12)10-15-2-1-5-25-15/h1-5,8-9,12H,6-7,10-11H2/t12-/m1/s1. The van der Waals surface area contributed by atoms with Gasteiger partial charge < -0.3 is 18.5 Å². The summed E-state index contributed by atoms with van der Waals surface area (Å²) in [5, 5.41) is 0.597. The number of aromatic nitrogens is 2. The van der Waals surface area contributed by atoms with Gasteiger partial charge in [0.15, 0.2) is 0 Å². The van der Waals surface area contributed by atoms with Gasteiger partial charge in [-0.05, 0) is 24.3 Å². The maximum Gasteiger partial charge on any atom is 0.311 e. The number of amides is 1. The molecule has 1 aliphatic heterocycles. The van der Waals surface area contributed by atoms with Crippen molar-refractivity contribution in [3.8, 4) is 0 Å². The molecule has 3 aromatic rings. The average molecular weight is 374 g/mol. The zero-order chi connectivity index (χ0) is 18.1. The fraction of sp³-hybridized carbons (Fsp3) is 0.278. The van der Waals surface area contributed by atoms with E-state index < -0.39 is 11.9 Å². The summed E-state index contributed by atoms with van der Waals surface area (Å²) >= 11 is 5.94. The van der Waals surface area contributed by atoms with Crippen molar-refractivity contribution in [2.24, 2.45) is 5.92 Å². The lowest BCUT2D eigenvalue weighted by atomic mass is 10.1. The number of rotatable bonds is 5. The maximum absolute atomic E-state index is 12.3. The van der Waals surface area contributed by atoms with Crippen LogP contribution in [-0.4, -0.2) is 32.7 Å². The Morgan fingerprint density at radius 2 is 2.23 bits per heavy atom. The van der Waals surface area contributed by atoms with E-state index in [0.29, 0.717) is 29.6 Å². The summed E-state index contributed by atoms with van der Waals surface area (Å²) < 4.78 is 12.4. The predicted molar refractivity (Wildman–Crippen MR) is 92.2 cm³/mol. The van der Waals surface area contributed by atoms with Crippen molar-refractivity contribution in [2.75, 3.05) is 6.54 Å². The Morgan fingerprint density at radius 3 is 3.04 bits per heavy atom. The molecular weight excluding hydrogens is 358 g/mol. The van der Waals surface area contributed by atoms with E-state index in [2.05, 4.69) is 4.98 Å². The largest absolute Gasteiger partial charge is 0.467 e. The third-order valence-electron chi connectivity index (χ3n) is 4.30. The molecule has 0 saturated carbocycles. The predicted octanol–water partition coefficient (Wildman–Crippen LogP) is 2.67. The maximum atomic E-state index is 12.3. The number of ether oxygens (including phenoxy) is 1. The quantitative estimate of drug-likeness (QED) is 0.642. The minimum atomic E-state index is -0.469. The number of fused-ring (bicyclic) bond motifs is 1. The number of imidazole rings is 1. The highest BCUT2D eigenvalue weighted by atomic mass is 35.5.